The Morgan fingerprint density at radius 1 is 1.80 bits per heavy atom. The fourth-order valence-electron chi connectivity index (χ4n) is 0. The third-order valence-corrected chi connectivity index (χ3v) is 0.167. The minimum absolute atomic E-state index is 0. The Hall–Kier alpha value is 0.358. The van der Waals surface area contributed by atoms with E-state index in [1.54, 1.807) is 0 Å². The van der Waals surface area contributed by atoms with E-state index in [4.69, 9.17) is 0 Å². The van der Waals surface area contributed by atoms with Gasteiger partial charge in [-0.2, -0.15) is 0 Å². The monoisotopic (exact) mass is 253 g/mol. The molecule has 0 aliphatic carbocycles. The molecule has 0 atom stereocenters. The number of aldehydes is 1. The Bertz CT molecular complexity index is 20.9. The number of hydrogen-bond donors (Lipinski definition) is 0. The Labute approximate surface area is 46.0 Å². The van der Waals surface area contributed by atoms with Crippen molar-refractivity contribution in [2.45, 2.75) is 13.3 Å². The summed E-state index contributed by atoms with van der Waals surface area (Å²) in [7, 11) is 0. The molecule has 0 aliphatic rings. The molecule has 0 aromatic carbocycles. The Morgan fingerprint density at radius 2 is 2.00 bits per heavy atom. The van der Waals surface area contributed by atoms with Gasteiger partial charge in [-0.05, 0) is 0 Å². The largest absolute Gasteiger partial charge is 0.303 e. The zero-order valence-corrected chi connectivity index (χ0v) is 5.28. The first-order valence-electron chi connectivity index (χ1n) is 1.35. The van der Waals surface area contributed by atoms with Crippen molar-refractivity contribution in [2.24, 2.45) is 0 Å². The van der Waals surface area contributed by atoms with Crippen molar-refractivity contribution in [3.05, 3.63) is 0 Å². The van der Waals surface area contributed by atoms with E-state index in [0.29, 0.717) is 6.42 Å². The van der Waals surface area contributed by atoms with Crippen LogP contribution >= 0.6 is 0 Å². The van der Waals surface area contributed by atoms with Crippen molar-refractivity contribution < 1.29 is 25.9 Å². The number of carbonyl (C=O) groups excluding carboxylic acids is 1. The molecule has 0 amide bonds. The van der Waals surface area contributed by atoms with Gasteiger partial charge in [0.15, 0.2) is 0 Å². The van der Waals surface area contributed by atoms with Crippen LogP contribution in [0.2, 0.25) is 0 Å². The van der Waals surface area contributed by atoms with E-state index in [1.165, 1.54) is 0 Å². The van der Waals surface area contributed by atoms with E-state index >= 15 is 0 Å². The Balaban J connectivity index is 0. The van der Waals surface area contributed by atoms with Gasteiger partial charge in [0.1, 0.15) is 6.29 Å². The van der Waals surface area contributed by atoms with Crippen LogP contribution in [0.1, 0.15) is 13.3 Å². The molecule has 0 heterocycles. The summed E-state index contributed by atoms with van der Waals surface area (Å²) in [5.41, 5.74) is 0. The standard InChI is InChI=1S/C3H6O.Pt/c1-2-3-4;/h3H,2H2,1H3;. The third kappa shape index (κ3) is 13.1. The maximum absolute atomic E-state index is 9.17. The zero-order valence-electron chi connectivity index (χ0n) is 3.01. The second-order valence-corrected chi connectivity index (χ2v) is 0.575. The summed E-state index contributed by atoms with van der Waals surface area (Å²) in [5.74, 6) is 0. The minimum atomic E-state index is 0. The van der Waals surface area contributed by atoms with Crippen LogP contribution in [0.5, 0.6) is 0 Å². The SMILES string of the molecule is CCC=O.[Pt]. The summed E-state index contributed by atoms with van der Waals surface area (Å²) in [6.45, 7) is 1.81. The normalized spacial score (nSPS) is 5.00. The maximum Gasteiger partial charge on any atom is 0.119 e. The van der Waals surface area contributed by atoms with Gasteiger partial charge in [-0.1, -0.05) is 6.92 Å². The molecule has 0 spiro atoms. The summed E-state index contributed by atoms with van der Waals surface area (Å²) < 4.78 is 0. The van der Waals surface area contributed by atoms with Crippen molar-refractivity contribution >= 4 is 6.29 Å². The van der Waals surface area contributed by atoms with Gasteiger partial charge in [0.2, 0.25) is 0 Å². The molecule has 0 aliphatic heterocycles. The van der Waals surface area contributed by atoms with Crippen molar-refractivity contribution in [3.63, 3.8) is 0 Å². The quantitative estimate of drug-likeness (QED) is 0.625. The summed E-state index contributed by atoms with van der Waals surface area (Å²) >= 11 is 0. The smallest absolute Gasteiger partial charge is 0.119 e. The van der Waals surface area contributed by atoms with Crippen LogP contribution < -0.4 is 0 Å². The predicted molar refractivity (Wildman–Crippen MR) is 16.4 cm³/mol. The molecule has 0 fully saturated rings. The van der Waals surface area contributed by atoms with E-state index in [1.807, 2.05) is 6.92 Å². The molecule has 2 heteroatoms. The fraction of sp³-hybridized carbons (Fsp3) is 0.667. The molecular formula is C3H6OPt. The van der Waals surface area contributed by atoms with Crippen molar-refractivity contribution in [1.82, 2.24) is 0 Å². The number of hydrogen-bond acceptors (Lipinski definition) is 1. The van der Waals surface area contributed by atoms with Crippen LogP contribution in [-0.4, -0.2) is 6.29 Å². The van der Waals surface area contributed by atoms with Gasteiger partial charge in [-0.25, -0.2) is 0 Å². The van der Waals surface area contributed by atoms with Gasteiger partial charge in [-0.15, -0.1) is 0 Å². The van der Waals surface area contributed by atoms with Crippen LogP contribution in [0.4, 0.5) is 0 Å². The fourth-order valence-corrected chi connectivity index (χ4v) is 0. The summed E-state index contributed by atoms with van der Waals surface area (Å²) in [5, 5.41) is 0. The molecule has 0 aromatic heterocycles. The van der Waals surface area contributed by atoms with E-state index < -0.39 is 0 Å². The van der Waals surface area contributed by atoms with Gasteiger partial charge >= 0.3 is 0 Å². The number of rotatable bonds is 1. The molecule has 0 unspecified atom stereocenters. The predicted octanol–water partition coefficient (Wildman–Crippen LogP) is 0.593. The second-order valence-electron chi connectivity index (χ2n) is 0.575. The second kappa shape index (κ2) is 8.84. The van der Waals surface area contributed by atoms with Crippen LogP contribution in [0.3, 0.4) is 0 Å². The van der Waals surface area contributed by atoms with Crippen molar-refractivity contribution in [2.75, 3.05) is 0 Å². The zero-order chi connectivity index (χ0) is 3.41. The van der Waals surface area contributed by atoms with Crippen LogP contribution in [0, 0.1) is 0 Å². The van der Waals surface area contributed by atoms with Crippen molar-refractivity contribution in [1.29, 1.82) is 0 Å². The minimum Gasteiger partial charge on any atom is -0.303 e. The molecule has 0 saturated heterocycles. The van der Waals surface area contributed by atoms with Crippen LogP contribution in [0.25, 0.3) is 0 Å². The summed E-state index contributed by atoms with van der Waals surface area (Å²) in [6, 6.07) is 0. The van der Waals surface area contributed by atoms with E-state index in [9.17, 15) is 4.79 Å². The molecule has 0 N–H and O–H groups in total. The van der Waals surface area contributed by atoms with Gasteiger partial charge in [0.25, 0.3) is 0 Å². The first-order valence-corrected chi connectivity index (χ1v) is 1.35. The average Bonchev–Trinajstić information content (AvgIpc) is 1.37. The first kappa shape index (κ1) is 9.02. The third-order valence-electron chi connectivity index (χ3n) is 0.167. The van der Waals surface area contributed by atoms with Crippen LogP contribution in [-0.2, 0) is 25.9 Å². The molecule has 1 nitrogen and oxygen atoms in total. The molecule has 0 saturated carbocycles. The van der Waals surface area contributed by atoms with E-state index in [0.717, 1.165) is 6.29 Å². The van der Waals surface area contributed by atoms with Crippen LogP contribution in [0.15, 0.2) is 0 Å². The molecule has 5 heavy (non-hydrogen) atoms. The van der Waals surface area contributed by atoms with Gasteiger partial charge in [-0.3, -0.25) is 0 Å². The molecule has 0 bridgehead atoms. The maximum atomic E-state index is 9.17. The first-order chi connectivity index (χ1) is 1.91. The number of carbonyl (C=O) groups is 1. The summed E-state index contributed by atoms with van der Waals surface area (Å²) in [6.07, 6.45) is 1.51. The molecule has 0 radical (unpaired) electrons. The molecule has 34 valence electrons. The Morgan fingerprint density at radius 3 is 2.00 bits per heavy atom. The van der Waals surface area contributed by atoms with E-state index in [-0.39, 0.29) is 21.1 Å². The molecule has 0 aromatic rings. The molecular weight excluding hydrogens is 247 g/mol. The van der Waals surface area contributed by atoms with E-state index in [2.05, 4.69) is 0 Å². The average molecular weight is 253 g/mol. The van der Waals surface area contributed by atoms with Gasteiger partial charge < -0.3 is 4.79 Å². The Kier molecular flexibility index (Phi) is 16.0. The van der Waals surface area contributed by atoms with Gasteiger partial charge in [0, 0.05) is 27.5 Å². The van der Waals surface area contributed by atoms with Gasteiger partial charge in [0.05, 0.1) is 0 Å². The summed E-state index contributed by atoms with van der Waals surface area (Å²) in [4.78, 5) is 9.17. The van der Waals surface area contributed by atoms with Crippen molar-refractivity contribution in [3.8, 4) is 0 Å². The topological polar surface area (TPSA) is 17.1 Å². The molecule has 0 rings (SSSR count).